The summed E-state index contributed by atoms with van der Waals surface area (Å²) in [6, 6.07) is 17.2. The van der Waals surface area contributed by atoms with Crippen molar-refractivity contribution in [2.24, 2.45) is 23.5 Å². The first-order valence-corrected chi connectivity index (χ1v) is 17.7. The summed E-state index contributed by atoms with van der Waals surface area (Å²) >= 11 is 6.74. The Morgan fingerprint density at radius 3 is 2.28 bits per heavy atom. The summed E-state index contributed by atoms with van der Waals surface area (Å²) < 4.78 is 31.2. The third-order valence-corrected chi connectivity index (χ3v) is 12.2. The van der Waals surface area contributed by atoms with Gasteiger partial charge in [0.1, 0.15) is 11.6 Å². The van der Waals surface area contributed by atoms with Gasteiger partial charge in [-0.2, -0.15) is 0 Å². The molecule has 2 saturated carbocycles. The first-order chi connectivity index (χ1) is 22.1. The zero-order valence-electron chi connectivity index (χ0n) is 27.5. The Morgan fingerprint density at radius 2 is 1.57 bits per heavy atom. The van der Waals surface area contributed by atoms with Gasteiger partial charge in [0.15, 0.2) is 0 Å². The molecule has 0 bridgehead atoms. The van der Waals surface area contributed by atoms with Crippen molar-refractivity contribution in [1.29, 1.82) is 0 Å². The molecule has 0 radical (unpaired) electrons. The van der Waals surface area contributed by atoms with Gasteiger partial charge in [0.05, 0.1) is 5.02 Å². The summed E-state index contributed by atoms with van der Waals surface area (Å²) in [6.45, 7) is 13.9. The van der Waals surface area contributed by atoms with Crippen molar-refractivity contribution < 1.29 is 8.78 Å². The molecule has 0 heterocycles. The number of nitrogens with one attached hydrogen (secondary N) is 1. The Hall–Kier alpha value is -2.95. The van der Waals surface area contributed by atoms with Crippen molar-refractivity contribution in [3.63, 3.8) is 0 Å². The van der Waals surface area contributed by atoms with E-state index in [1.165, 1.54) is 62.1 Å². The van der Waals surface area contributed by atoms with Crippen LogP contribution in [0.25, 0.3) is 16.8 Å². The lowest BCUT2D eigenvalue weighted by Gasteiger charge is -2.39. The van der Waals surface area contributed by atoms with E-state index in [4.69, 9.17) is 17.3 Å². The van der Waals surface area contributed by atoms with E-state index in [1.807, 2.05) is 6.07 Å². The summed E-state index contributed by atoms with van der Waals surface area (Å²) in [5.41, 5.74) is 11.5. The third kappa shape index (κ3) is 6.20. The number of rotatable bonds is 8. The van der Waals surface area contributed by atoms with Crippen LogP contribution in [0.3, 0.4) is 0 Å². The smallest absolute Gasteiger partial charge is 0.142 e. The molecule has 3 aliphatic rings. The van der Waals surface area contributed by atoms with Crippen molar-refractivity contribution in [1.82, 2.24) is 5.32 Å². The van der Waals surface area contributed by atoms with Crippen molar-refractivity contribution >= 4 is 17.3 Å². The van der Waals surface area contributed by atoms with Crippen LogP contribution in [0.1, 0.15) is 99.8 Å². The van der Waals surface area contributed by atoms with Gasteiger partial charge in [-0.1, -0.05) is 106 Å². The lowest BCUT2D eigenvalue weighted by molar-refractivity contribution is 0.269. The predicted octanol–water partition coefficient (Wildman–Crippen LogP) is 10.7. The number of halogens is 3. The minimum absolute atomic E-state index is 0.0715. The summed E-state index contributed by atoms with van der Waals surface area (Å²) in [5.74, 6) is 1.05. The molecule has 244 valence electrons. The second-order valence-corrected chi connectivity index (χ2v) is 14.9. The van der Waals surface area contributed by atoms with E-state index in [0.29, 0.717) is 35.4 Å². The standard InChI is InChI=1S/C41H49ClF2N2/c1-25-10-8-11-29(17-16-25)26(2)30-18-20-33(21-19-30)46-24-41(32-12-6-5-7-13-32)23-31-22-36(44)40(42)39(37(31)27(41)3)38-34(28(4)45)14-9-15-35(38)43/h5-7,9,12-15,22,25,27,29-30,33,46H,2,4,8,10-11,16-21,23-24,45H2,1,3H3. The molecule has 4 atom stereocenters. The van der Waals surface area contributed by atoms with Gasteiger partial charge in [-0.05, 0) is 97.4 Å². The van der Waals surface area contributed by atoms with Crippen LogP contribution in [0, 0.1) is 29.4 Å². The number of benzene rings is 3. The normalized spacial score (nSPS) is 28.0. The average Bonchev–Trinajstić information content (AvgIpc) is 3.17. The van der Waals surface area contributed by atoms with Crippen LogP contribution in [0.15, 0.2) is 73.3 Å². The van der Waals surface area contributed by atoms with E-state index in [2.05, 4.69) is 56.6 Å². The molecular weight excluding hydrogens is 594 g/mol. The van der Waals surface area contributed by atoms with Crippen LogP contribution in [0.4, 0.5) is 8.78 Å². The molecule has 3 aliphatic carbocycles. The van der Waals surface area contributed by atoms with Crippen molar-refractivity contribution in [3.8, 4) is 11.1 Å². The molecule has 3 aromatic rings. The zero-order valence-corrected chi connectivity index (χ0v) is 28.2. The largest absolute Gasteiger partial charge is 0.399 e. The highest BCUT2D eigenvalue weighted by molar-refractivity contribution is 6.34. The highest BCUT2D eigenvalue weighted by Crippen LogP contribution is 2.55. The predicted molar refractivity (Wildman–Crippen MR) is 189 cm³/mol. The molecule has 0 amide bonds. The highest BCUT2D eigenvalue weighted by atomic mass is 35.5. The Bertz CT molecular complexity index is 1590. The fourth-order valence-corrected chi connectivity index (χ4v) is 9.27. The molecule has 0 aliphatic heterocycles. The van der Waals surface area contributed by atoms with Gasteiger partial charge >= 0.3 is 0 Å². The molecule has 0 spiro atoms. The minimum Gasteiger partial charge on any atom is -0.399 e. The third-order valence-electron chi connectivity index (χ3n) is 11.8. The maximum Gasteiger partial charge on any atom is 0.142 e. The van der Waals surface area contributed by atoms with E-state index < -0.39 is 11.6 Å². The lowest BCUT2D eigenvalue weighted by atomic mass is 9.70. The topological polar surface area (TPSA) is 38.0 Å². The number of hydrogen-bond donors (Lipinski definition) is 2. The van der Waals surface area contributed by atoms with Gasteiger partial charge in [-0.3, -0.25) is 0 Å². The van der Waals surface area contributed by atoms with Gasteiger partial charge in [0, 0.05) is 40.4 Å². The number of nitrogens with two attached hydrogens (primary N) is 1. The molecule has 3 N–H and O–H groups in total. The van der Waals surface area contributed by atoms with Gasteiger partial charge < -0.3 is 11.1 Å². The summed E-state index contributed by atoms with van der Waals surface area (Å²) in [7, 11) is 0. The molecule has 5 heteroatoms. The van der Waals surface area contributed by atoms with Crippen LogP contribution in [0.2, 0.25) is 5.02 Å². The monoisotopic (exact) mass is 642 g/mol. The molecule has 6 rings (SSSR count). The van der Waals surface area contributed by atoms with Gasteiger partial charge in [0.25, 0.3) is 0 Å². The van der Waals surface area contributed by atoms with Crippen molar-refractivity contribution in [2.45, 2.75) is 95.4 Å². The Labute approximate surface area is 279 Å². The quantitative estimate of drug-likeness (QED) is 0.189. The molecule has 46 heavy (non-hydrogen) atoms. The van der Waals surface area contributed by atoms with Gasteiger partial charge in [-0.25, -0.2) is 8.78 Å². The Kier molecular flexibility index (Phi) is 9.78. The minimum atomic E-state index is -0.544. The fourth-order valence-electron chi connectivity index (χ4n) is 9.02. The second-order valence-electron chi connectivity index (χ2n) is 14.5. The molecule has 3 aromatic carbocycles. The first kappa shape index (κ1) is 33.0. The summed E-state index contributed by atoms with van der Waals surface area (Å²) in [4.78, 5) is 0. The van der Waals surface area contributed by atoms with Gasteiger partial charge in [-0.15, -0.1) is 0 Å². The van der Waals surface area contributed by atoms with Crippen LogP contribution in [0.5, 0.6) is 0 Å². The fraction of sp³-hybridized carbons (Fsp3) is 0.463. The number of fused-ring (bicyclic) bond motifs is 1. The average molecular weight is 643 g/mol. The van der Waals surface area contributed by atoms with E-state index in [-0.39, 0.29) is 27.6 Å². The molecule has 2 nitrogen and oxygen atoms in total. The second kappa shape index (κ2) is 13.6. The number of hydrogen-bond acceptors (Lipinski definition) is 2. The first-order valence-electron chi connectivity index (χ1n) is 17.3. The van der Waals surface area contributed by atoms with Crippen LogP contribution in [-0.4, -0.2) is 12.6 Å². The lowest BCUT2D eigenvalue weighted by Crippen LogP contribution is -2.46. The van der Waals surface area contributed by atoms with E-state index in [0.717, 1.165) is 36.4 Å². The number of allylic oxidation sites excluding steroid dienone is 1. The summed E-state index contributed by atoms with van der Waals surface area (Å²) in [6.07, 6.45) is 11.9. The van der Waals surface area contributed by atoms with Crippen LogP contribution >= 0.6 is 11.6 Å². The Morgan fingerprint density at radius 1 is 0.870 bits per heavy atom. The van der Waals surface area contributed by atoms with Crippen LogP contribution < -0.4 is 11.1 Å². The zero-order chi connectivity index (χ0) is 32.6. The van der Waals surface area contributed by atoms with E-state index in [9.17, 15) is 0 Å². The van der Waals surface area contributed by atoms with Crippen molar-refractivity contribution in [2.75, 3.05) is 6.54 Å². The molecule has 0 saturated heterocycles. The molecular formula is C41H49ClF2N2. The Balaban J connectivity index is 1.27. The van der Waals surface area contributed by atoms with Crippen molar-refractivity contribution in [3.05, 3.63) is 112 Å². The molecule has 4 unspecified atom stereocenters. The maximum atomic E-state index is 15.7. The van der Waals surface area contributed by atoms with Gasteiger partial charge in [0.2, 0.25) is 0 Å². The maximum absolute atomic E-state index is 15.7. The van der Waals surface area contributed by atoms with E-state index in [1.54, 1.807) is 18.2 Å². The highest BCUT2D eigenvalue weighted by Gasteiger charge is 2.47. The molecule has 0 aromatic heterocycles. The molecule has 2 fully saturated rings. The van der Waals surface area contributed by atoms with E-state index >= 15 is 8.78 Å². The SMILES string of the molecule is C=C(N)c1cccc(F)c1-c1c(Cl)c(F)cc2c1C(C)C(CNC1CCC(C(=C)C3CCCC(C)CC3)CC1)(c1ccccc1)C2. The summed E-state index contributed by atoms with van der Waals surface area (Å²) in [5, 5.41) is 3.92. The van der Waals surface area contributed by atoms with Crippen LogP contribution in [-0.2, 0) is 11.8 Å².